The highest BCUT2D eigenvalue weighted by molar-refractivity contribution is 6.18. The molecule has 0 aromatic rings. The van der Waals surface area contributed by atoms with Crippen LogP contribution >= 0.6 is 0 Å². The molecular formula is C21H37NO4. The minimum atomic E-state index is -0.549. The molecule has 0 aliphatic carbocycles. The van der Waals surface area contributed by atoms with E-state index >= 15 is 0 Å². The summed E-state index contributed by atoms with van der Waals surface area (Å²) in [5, 5.41) is 0. The van der Waals surface area contributed by atoms with Gasteiger partial charge in [0, 0.05) is 17.7 Å². The van der Waals surface area contributed by atoms with Crippen LogP contribution in [-0.2, 0) is 19.1 Å². The molecule has 150 valence electrons. The third-order valence-corrected chi connectivity index (χ3v) is 5.09. The van der Waals surface area contributed by atoms with Gasteiger partial charge in [-0.25, -0.2) is 0 Å². The second kappa shape index (κ2) is 8.83. The number of carbonyl (C=O) groups excluding carboxylic acids is 3. The lowest BCUT2D eigenvalue weighted by molar-refractivity contribution is -0.160. The third-order valence-electron chi connectivity index (χ3n) is 5.09. The van der Waals surface area contributed by atoms with E-state index in [2.05, 4.69) is 20.8 Å². The van der Waals surface area contributed by atoms with Gasteiger partial charge in [0.05, 0.1) is 12.0 Å². The van der Waals surface area contributed by atoms with Gasteiger partial charge < -0.3 is 4.74 Å². The van der Waals surface area contributed by atoms with Crippen molar-refractivity contribution in [3.05, 3.63) is 11.1 Å². The molecular weight excluding hydrogens is 330 g/mol. The fraction of sp³-hybridized carbons (Fsp3) is 0.762. The Bertz CT molecular complexity index is 559. The maximum Gasteiger partial charge on any atom is 0.312 e. The Balaban J connectivity index is 0.00000625. The number of esters is 1. The Kier molecular flexibility index (Phi) is 8.27. The van der Waals surface area contributed by atoms with E-state index < -0.39 is 5.41 Å². The predicted molar refractivity (Wildman–Crippen MR) is 104 cm³/mol. The van der Waals surface area contributed by atoms with Crippen molar-refractivity contribution >= 4 is 17.8 Å². The fourth-order valence-corrected chi connectivity index (χ4v) is 3.19. The zero-order valence-corrected chi connectivity index (χ0v) is 17.0. The fourth-order valence-electron chi connectivity index (χ4n) is 3.19. The summed E-state index contributed by atoms with van der Waals surface area (Å²) in [6.07, 6.45) is 1.19. The molecule has 0 radical (unpaired) electrons. The lowest BCUT2D eigenvalue weighted by Crippen LogP contribution is -2.39. The van der Waals surface area contributed by atoms with Crippen molar-refractivity contribution in [1.29, 1.82) is 0 Å². The molecule has 1 atom stereocenters. The molecule has 1 aliphatic rings. The number of nitrogens with zero attached hydrogens (tertiary/aromatic N) is 1. The molecule has 0 saturated heterocycles. The third kappa shape index (κ3) is 5.42. The number of hydrogen-bond acceptors (Lipinski definition) is 4. The largest absolute Gasteiger partial charge is 0.465 e. The van der Waals surface area contributed by atoms with Gasteiger partial charge in [-0.15, -0.1) is 0 Å². The average molecular weight is 368 g/mol. The summed E-state index contributed by atoms with van der Waals surface area (Å²) in [4.78, 5) is 37.9. The van der Waals surface area contributed by atoms with Gasteiger partial charge in [-0.2, -0.15) is 0 Å². The van der Waals surface area contributed by atoms with Crippen molar-refractivity contribution < 1.29 is 19.1 Å². The molecule has 1 unspecified atom stereocenters. The topological polar surface area (TPSA) is 63.7 Å². The Morgan fingerprint density at radius 3 is 1.88 bits per heavy atom. The Hall–Kier alpha value is -1.65. The first-order chi connectivity index (χ1) is 11.3. The van der Waals surface area contributed by atoms with Gasteiger partial charge in [-0.3, -0.25) is 19.3 Å². The first kappa shape index (κ1) is 24.4. The SMILES string of the molecule is C.CC1=C(C)C(=O)N(CCCOC(=O)C(C)(CC(C)(C)C)C(C)C)C1=O. The summed E-state index contributed by atoms with van der Waals surface area (Å²) in [7, 11) is 0. The van der Waals surface area contributed by atoms with E-state index in [1.165, 1.54) is 4.90 Å². The van der Waals surface area contributed by atoms with Gasteiger partial charge in [0.2, 0.25) is 0 Å². The summed E-state index contributed by atoms with van der Waals surface area (Å²) < 4.78 is 5.50. The van der Waals surface area contributed by atoms with Gasteiger partial charge >= 0.3 is 5.97 Å². The van der Waals surface area contributed by atoms with E-state index in [4.69, 9.17) is 4.74 Å². The maximum absolute atomic E-state index is 12.6. The van der Waals surface area contributed by atoms with Crippen molar-refractivity contribution in [3.8, 4) is 0 Å². The molecule has 0 spiro atoms. The summed E-state index contributed by atoms with van der Waals surface area (Å²) in [6.45, 7) is 16.2. The van der Waals surface area contributed by atoms with E-state index in [1.807, 2.05) is 20.8 Å². The summed E-state index contributed by atoms with van der Waals surface area (Å²) in [5.41, 5.74) is 0.471. The lowest BCUT2D eigenvalue weighted by Gasteiger charge is -2.36. The van der Waals surface area contributed by atoms with Crippen LogP contribution in [0.15, 0.2) is 11.1 Å². The number of carbonyl (C=O) groups is 3. The Labute approximate surface area is 159 Å². The van der Waals surface area contributed by atoms with Gasteiger partial charge in [0.15, 0.2) is 0 Å². The summed E-state index contributed by atoms with van der Waals surface area (Å²) in [6, 6.07) is 0. The minimum Gasteiger partial charge on any atom is -0.465 e. The normalized spacial score (nSPS) is 17.5. The Morgan fingerprint density at radius 2 is 1.50 bits per heavy atom. The van der Waals surface area contributed by atoms with Crippen molar-refractivity contribution in [2.24, 2.45) is 16.7 Å². The molecule has 1 aliphatic heterocycles. The van der Waals surface area contributed by atoms with E-state index in [1.54, 1.807) is 13.8 Å². The van der Waals surface area contributed by atoms with Crippen LogP contribution < -0.4 is 0 Å². The van der Waals surface area contributed by atoms with Crippen LogP contribution in [0.3, 0.4) is 0 Å². The van der Waals surface area contributed by atoms with Crippen LogP contribution in [0.2, 0.25) is 0 Å². The molecule has 0 fully saturated rings. The zero-order valence-electron chi connectivity index (χ0n) is 17.0. The molecule has 1 heterocycles. The number of imide groups is 1. The van der Waals surface area contributed by atoms with E-state index in [0.717, 1.165) is 6.42 Å². The first-order valence-electron chi connectivity index (χ1n) is 9.02. The molecule has 0 bridgehead atoms. The first-order valence-corrected chi connectivity index (χ1v) is 9.02. The molecule has 1 rings (SSSR count). The van der Waals surface area contributed by atoms with Crippen LogP contribution in [0.5, 0.6) is 0 Å². The van der Waals surface area contributed by atoms with Crippen LogP contribution in [0, 0.1) is 16.7 Å². The highest BCUT2D eigenvalue weighted by Crippen LogP contribution is 2.40. The number of ether oxygens (including phenoxy) is 1. The predicted octanol–water partition coefficient (Wildman–Crippen LogP) is 4.36. The minimum absolute atomic E-state index is 0. The second-order valence-electron chi connectivity index (χ2n) is 8.81. The summed E-state index contributed by atoms with van der Waals surface area (Å²) in [5.74, 6) is -0.528. The van der Waals surface area contributed by atoms with E-state index in [9.17, 15) is 14.4 Å². The number of amides is 2. The van der Waals surface area contributed by atoms with Crippen LogP contribution in [0.25, 0.3) is 0 Å². The smallest absolute Gasteiger partial charge is 0.312 e. The van der Waals surface area contributed by atoms with E-state index in [-0.39, 0.29) is 49.7 Å². The van der Waals surface area contributed by atoms with Gasteiger partial charge in [0.1, 0.15) is 0 Å². The summed E-state index contributed by atoms with van der Waals surface area (Å²) >= 11 is 0. The highest BCUT2D eigenvalue weighted by Gasteiger charge is 2.41. The van der Waals surface area contributed by atoms with Gasteiger partial charge in [0.25, 0.3) is 11.8 Å². The van der Waals surface area contributed by atoms with Crippen LogP contribution in [0.1, 0.15) is 75.7 Å². The van der Waals surface area contributed by atoms with Crippen molar-refractivity contribution in [2.45, 2.75) is 75.7 Å². The number of rotatable bonds is 7. The van der Waals surface area contributed by atoms with Crippen molar-refractivity contribution in [1.82, 2.24) is 4.90 Å². The highest BCUT2D eigenvalue weighted by atomic mass is 16.5. The molecule has 5 nitrogen and oxygen atoms in total. The Morgan fingerprint density at radius 1 is 1.04 bits per heavy atom. The second-order valence-corrected chi connectivity index (χ2v) is 8.81. The van der Waals surface area contributed by atoms with Crippen LogP contribution in [-0.4, -0.2) is 35.8 Å². The van der Waals surface area contributed by atoms with Crippen molar-refractivity contribution in [2.75, 3.05) is 13.2 Å². The maximum atomic E-state index is 12.6. The zero-order chi connectivity index (χ0) is 19.6. The molecule has 0 N–H and O–H groups in total. The van der Waals surface area contributed by atoms with Gasteiger partial charge in [-0.05, 0) is 44.9 Å². The average Bonchev–Trinajstić information content (AvgIpc) is 2.66. The molecule has 2 amide bonds. The standard InChI is InChI=1S/C20H33NO4.CH4/c1-13(2)20(8,12-19(5,6)7)18(24)25-11-9-10-21-16(22)14(3)15(4)17(21)23;/h13H,9-12H2,1-8H3;1H4. The molecule has 5 heteroatoms. The van der Waals surface area contributed by atoms with E-state index in [0.29, 0.717) is 17.6 Å². The molecule has 0 aromatic carbocycles. The quantitative estimate of drug-likeness (QED) is 0.381. The molecule has 0 aromatic heterocycles. The lowest BCUT2D eigenvalue weighted by atomic mass is 9.69. The monoisotopic (exact) mass is 367 g/mol. The number of hydrogen-bond donors (Lipinski definition) is 0. The van der Waals surface area contributed by atoms with Gasteiger partial charge in [-0.1, -0.05) is 42.0 Å². The molecule has 0 saturated carbocycles. The van der Waals surface area contributed by atoms with Crippen molar-refractivity contribution in [3.63, 3.8) is 0 Å². The molecule has 26 heavy (non-hydrogen) atoms. The van der Waals surface area contributed by atoms with Crippen LogP contribution in [0.4, 0.5) is 0 Å².